The van der Waals surface area contributed by atoms with Crippen molar-refractivity contribution in [2.24, 2.45) is 0 Å². The SMILES string of the molecule is Cc1ccc(CN(C)C(=O)C[C@@H]2C(=O)NCCN2CCCc2ccccc2)o1. The minimum Gasteiger partial charge on any atom is -0.464 e. The van der Waals surface area contributed by atoms with Gasteiger partial charge in [-0.25, -0.2) is 0 Å². The molecule has 3 rings (SSSR count). The number of piperazine rings is 1. The van der Waals surface area contributed by atoms with Crippen LogP contribution in [0, 0.1) is 6.92 Å². The molecule has 0 unspecified atom stereocenters. The van der Waals surface area contributed by atoms with E-state index < -0.39 is 6.04 Å². The molecule has 0 bridgehead atoms. The molecule has 28 heavy (non-hydrogen) atoms. The predicted molar refractivity (Wildman–Crippen MR) is 108 cm³/mol. The average molecular weight is 383 g/mol. The van der Waals surface area contributed by atoms with Crippen LogP contribution in [0.1, 0.15) is 29.9 Å². The van der Waals surface area contributed by atoms with Gasteiger partial charge in [-0.15, -0.1) is 0 Å². The van der Waals surface area contributed by atoms with Gasteiger partial charge in [0.1, 0.15) is 11.5 Å². The summed E-state index contributed by atoms with van der Waals surface area (Å²) in [6.45, 7) is 4.51. The minimum atomic E-state index is -0.405. The number of nitrogens with zero attached hydrogens (tertiary/aromatic N) is 2. The highest BCUT2D eigenvalue weighted by Gasteiger charge is 2.32. The zero-order chi connectivity index (χ0) is 19.9. The molecular weight excluding hydrogens is 354 g/mol. The first kappa shape index (κ1) is 20.1. The van der Waals surface area contributed by atoms with Gasteiger partial charge in [-0.3, -0.25) is 14.5 Å². The van der Waals surface area contributed by atoms with E-state index in [-0.39, 0.29) is 18.2 Å². The molecule has 150 valence electrons. The molecule has 0 aliphatic carbocycles. The van der Waals surface area contributed by atoms with Crippen LogP contribution >= 0.6 is 0 Å². The number of carbonyl (C=O) groups excluding carboxylic acids is 2. The summed E-state index contributed by atoms with van der Waals surface area (Å²) in [5.74, 6) is 1.47. The molecule has 1 aliphatic rings. The van der Waals surface area contributed by atoms with Crippen LogP contribution in [0.15, 0.2) is 46.9 Å². The van der Waals surface area contributed by atoms with E-state index in [4.69, 9.17) is 4.42 Å². The Bertz CT molecular complexity index is 787. The maximum absolute atomic E-state index is 12.7. The van der Waals surface area contributed by atoms with Gasteiger partial charge in [-0.2, -0.15) is 0 Å². The number of aryl methyl sites for hydroxylation is 2. The van der Waals surface area contributed by atoms with E-state index in [1.54, 1.807) is 11.9 Å². The first-order valence-electron chi connectivity index (χ1n) is 9.88. The van der Waals surface area contributed by atoms with Gasteiger partial charge in [-0.05, 0) is 44.0 Å². The minimum absolute atomic E-state index is 0.0517. The van der Waals surface area contributed by atoms with Gasteiger partial charge in [-0.1, -0.05) is 30.3 Å². The van der Waals surface area contributed by atoms with Crippen molar-refractivity contribution in [1.29, 1.82) is 0 Å². The van der Waals surface area contributed by atoms with Gasteiger partial charge >= 0.3 is 0 Å². The van der Waals surface area contributed by atoms with Crippen LogP contribution in [0.2, 0.25) is 0 Å². The zero-order valence-electron chi connectivity index (χ0n) is 16.7. The van der Waals surface area contributed by atoms with Crippen molar-refractivity contribution in [3.8, 4) is 0 Å². The van der Waals surface area contributed by atoms with Crippen LogP contribution in [-0.4, -0.2) is 54.3 Å². The third-order valence-electron chi connectivity index (χ3n) is 5.18. The Balaban J connectivity index is 1.53. The summed E-state index contributed by atoms with van der Waals surface area (Å²) in [6, 6.07) is 13.7. The van der Waals surface area contributed by atoms with Gasteiger partial charge in [0.25, 0.3) is 0 Å². The molecule has 1 fully saturated rings. The molecule has 0 spiro atoms. The summed E-state index contributed by atoms with van der Waals surface area (Å²) in [4.78, 5) is 28.9. The first-order chi connectivity index (χ1) is 13.5. The number of nitrogens with one attached hydrogen (secondary N) is 1. The summed E-state index contributed by atoms with van der Waals surface area (Å²) < 4.78 is 5.55. The molecule has 0 radical (unpaired) electrons. The summed E-state index contributed by atoms with van der Waals surface area (Å²) in [7, 11) is 1.75. The van der Waals surface area contributed by atoms with Gasteiger partial charge < -0.3 is 14.6 Å². The highest BCUT2D eigenvalue weighted by Crippen LogP contribution is 2.14. The molecule has 1 aliphatic heterocycles. The quantitative estimate of drug-likeness (QED) is 0.760. The molecule has 6 heteroatoms. The van der Waals surface area contributed by atoms with Gasteiger partial charge in [0.2, 0.25) is 11.8 Å². The van der Waals surface area contributed by atoms with Gasteiger partial charge in [0.15, 0.2) is 0 Å². The molecule has 1 aromatic heterocycles. The molecule has 1 N–H and O–H groups in total. The average Bonchev–Trinajstić information content (AvgIpc) is 3.09. The Kier molecular flexibility index (Phi) is 6.87. The van der Waals surface area contributed by atoms with Crippen LogP contribution in [-0.2, 0) is 22.6 Å². The summed E-state index contributed by atoms with van der Waals surface area (Å²) in [5, 5.41) is 2.90. The Morgan fingerprint density at radius 2 is 2.04 bits per heavy atom. The van der Waals surface area contributed by atoms with E-state index in [2.05, 4.69) is 22.3 Å². The maximum atomic E-state index is 12.7. The highest BCUT2D eigenvalue weighted by atomic mass is 16.3. The second kappa shape index (κ2) is 9.55. The molecule has 0 saturated carbocycles. The fourth-order valence-corrected chi connectivity index (χ4v) is 3.60. The lowest BCUT2D eigenvalue weighted by Gasteiger charge is -2.35. The second-order valence-corrected chi connectivity index (χ2v) is 7.40. The van der Waals surface area contributed by atoms with E-state index in [1.165, 1.54) is 5.56 Å². The predicted octanol–water partition coefficient (Wildman–Crippen LogP) is 2.37. The van der Waals surface area contributed by atoms with Crippen LogP contribution in [0.4, 0.5) is 0 Å². The van der Waals surface area contributed by atoms with Crippen LogP contribution in [0.25, 0.3) is 0 Å². The lowest BCUT2D eigenvalue weighted by molar-refractivity contribution is -0.138. The molecular formula is C22H29N3O3. The zero-order valence-corrected chi connectivity index (χ0v) is 16.7. The summed E-state index contributed by atoms with van der Waals surface area (Å²) >= 11 is 0. The monoisotopic (exact) mass is 383 g/mol. The fourth-order valence-electron chi connectivity index (χ4n) is 3.60. The van der Waals surface area contributed by atoms with E-state index in [1.807, 2.05) is 37.3 Å². The molecule has 2 heterocycles. The Morgan fingerprint density at radius 1 is 1.25 bits per heavy atom. The van der Waals surface area contributed by atoms with Crippen LogP contribution in [0.5, 0.6) is 0 Å². The van der Waals surface area contributed by atoms with Gasteiger partial charge in [0.05, 0.1) is 19.0 Å². The lowest BCUT2D eigenvalue weighted by atomic mass is 10.1. The van der Waals surface area contributed by atoms with Crippen molar-refractivity contribution >= 4 is 11.8 Å². The number of hydrogen-bond donors (Lipinski definition) is 1. The summed E-state index contributed by atoms with van der Waals surface area (Å²) in [5.41, 5.74) is 1.30. The normalized spacial score (nSPS) is 17.4. The number of furan rings is 1. The lowest BCUT2D eigenvalue weighted by Crippen LogP contribution is -2.56. The number of carbonyl (C=O) groups is 2. The van der Waals surface area contributed by atoms with E-state index in [0.29, 0.717) is 13.1 Å². The first-order valence-corrected chi connectivity index (χ1v) is 9.88. The molecule has 1 aromatic carbocycles. The largest absolute Gasteiger partial charge is 0.464 e. The molecule has 2 aromatic rings. The molecule has 1 atom stereocenters. The van der Waals surface area contributed by atoms with Crippen molar-refractivity contribution in [3.63, 3.8) is 0 Å². The highest BCUT2D eigenvalue weighted by molar-refractivity contribution is 5.88. The fraction of sp³-hybridized carbons (Fsp3) is 0.455. The summed E-state index contributed by atoms with van der Waals surface area (Å²) in [6.07, 6.45) is 2.12. The van der Waals surface area contributed by atoms with E-state index in [0.717, 1.165) is 37.5 Å². The van der Waals surface area contributed by atoms with Crippen molar-refractivity contribution in [1.82, 2.24) is 15.1 Å². The van der Waals surface area contributed by atoms with E-state index >= 15 is 0 Å². The number of amides is 2. The topological polar surface area (TPSA) is 65.8 Å². The number of rotatable bonds is 8. The molecule has 2 amide bonds. The van der Waals surface area contributed by atoms with E-state index in [9.17, 15) is 9.59 Å². The maximum Gasteiger partial charge on any atom is 0.237 e. The Labute approximate surface area is 166 Å². The van der Waals surface area contributed by atoms with Crippen molar-refractivity contribution < 1.29 is 14.0 Å². The van der Waals surface area contributed by atoms with Crippen molar-refractivity contribution in [2.75, 3.05) is 26.7 Å². The van der Waals surface area contributed by atoms with Crippen molar-refractivity contribution in [3.05, 3.63) is 59.5 Å². The third kappa shape index (κ3) is 5.45. The van der Waals surface area contributed by atoms with Crippen molar-refractivity contribution in [2.45, 2.75) is 38.8 Å². The van der Waals surface area contributed by atoms with Gasteiger partial charge in [0, 0.05) is 20.1 Å². The third-order valence-corrected chi connectivity index (χ3v) is 5.18. The number of hydrogen-bond acceptors (Lipinski definition) is 4. The smallest absolute Gasteiger partial charge is 0.237 e. The molecule has 1 saturated heterocycles. The van der Waals surface area contributed by atoms with Crippen LogP contribution < -0.4 is 5.32 Å². The second-order valence-electron chi connectivity index (χ2n) is 7.40. The number of benzene rings is 1. The Morgan fingerprint density at radius 3 is 2.75 bits per heavy atom. The standard InChI is InChI=1S/C22H29N3O3/c1-17-10-11-19(28-17)16-24(2)21(26)15-20-22(27)23-12-14-25(20)13-6-9-18-7-4-3-5-8-18/h3-5,7-8,10-11,20H,6,9,12-16H2,1-2H3,(H,23,27)/t20-/m1/s1. The molecule has 6 nitrogen and oxygen atoms in total. The van der Waals surface area contributed by atoms with Crippen LogP contribution in [0.3, 0.4) is 0 Å². The Hall–Kier alpha value is -2.60.